The number of sulfonamides is 1. The second-order valence-corrected chi connectivity index (χ2v) is 7.63. The van der Waals surface area contributed by atoms with E-state index in [-0.39, 0.29) is 22.3 Å². The second kappa shape index (κ2) is 6.63. The van der Waals surface area contributed by atoms with Gasteiger partial charge in [0.05, 0.1) is 9.82 Å². The summed E-state index contributed by atoms with van der Waals surface area (Å²) in [5.74, 6) is 1.88. The second-order valence-electron chi connectivity index (χ2n) is 4.69. The molecule has 1 saturated heterocycles. The summed E-state index contributed by atoms with van der Waals surface area (Å²) >= 11 is 1.81. The third-order valence-electron chi connectivity index (χ3n) is 3.29. The van der Waals surface area contributed by atoms with Crippen molar-refractivity contribution in [3.8, 4) is 0 Å². The molecule has 9 heteroatoms. The highest BCUT2D eigenvalue weighted by Gasteiger charge is 2.24. The quantitative estimate of drug-likeness (QED) is 0.630. The van der Waals surface area contributed by atoms with Crippen molar-refractivity contribution in [1.82, 2.24) is 4.72 Å². The Morgan fingerprint density at radius 2 is 2.00 bits per heavy atom. The lowest BCUT2D eigenvalue weighted by molar-refractivity contribution is -0.384. The monoisotopic (exact) mass is 331 g/mol. The normalized spacial score (nSPS) is 16.6. The van der Waals surface area contributed by atoms with Gasteiger partial charge in [-0.15, -0.1) is 0 Å². The van der Waals surface area contributed by atoms with Gasteiger partial charge in [0.1, 0.15) is 5.69 Å². The molecule has 21 heavy (non-hydrogen) atoms. The highest BCUT2D eigenvalue weighted by atomic mass is 32.2. The zero-order valence-corrected chi connectivity index (χ0v) is 13.2. The Morgan fingerprint density at radius 1 is 1.33 bits per heavy atom. The number of hydrogen-bond acceptors (Lipinski definition) is 6. The van der Waals surface area contributed by atoms with Crippen molar-refractivity contribution in [2.75, 3.05) is 23.9 Å². The first-order chi connectivity index (χ1) is 9.94. The van der Waals surface area contributed by atoms with E-state index in [1.165, 1.54) is 25.2 Å². The Bertz CT molecular complexity index is 627. The molecule has 0 saturated carbocycles. The molecule has 0 radical (unpaired) electrons. The van der Waals surface area contributed by atoms with Crippen molar-refractivity contribution in [1.29, 1.82) is 0 Å². The average Bonchev–Trinajstić information content (AvgIpc) is 2.47. The molecule has 1 aromatic rings. The van der Waals surface area contributed by atoms with E-state index in [4.69, 9.17) is 0 Å². The molecule has 0 aliphatic carbocycles. The van der Waals surface area contributed by atoms with Crippen molar-refractivity contribution in [3.63, 3.8) is 0 Å². The van der Waals surface area contributed by atoms with Crippen molar-refractivity contribution in [3.05, 3.63) is 28.3 Å². The van der Waals surface area contributed by atoms with E-state index in [2.05, 4.69) is 10.0 Å². The Balaban J connectivity index is 2.25. The third-order valence-corrected chi connectivity index (χ3v) is 5.85. The number of benzene rings is 1. The van der Waals surface area contributed by atoms with Gasteiger partial charge in [-0.25, -0.2) is 13.1 Å². The molecule has 0 bridgehead atoms. The van der Waals surface area contributed by atoms with E-state index < -0.39 is 14.9 Å². The van der Waals surface area contributed by atoms with Gasteiger partial charge in [-0.1, -0.05) is 0 Å². The Labute approximate surface area is 127 Å². The molecule has 1 aliphatic heterocycles. The van der Waals surface area contributed by atoms with Crippen LogP contribution in [0.5, 0.6) is 0 Å². The summed E-state index contributed by atoms with van der Waals surface area (Å²) in [5.41, 5.74) is 0.0348. The van der Waals surface area contributed by atoms with Gasteiger partial charge in [0.25, 0.3) is 5.69 Å². The van der Waals surface area contributed by atoms with Crippen LogP contribution in [-0.2, 0) is 10.0 Å². The van der Waals surface area contributed by atoms with Gasteiger partial charge in [-0.2, -0.15) is 11.8 Å². The first kappa shape index (κ1) is 16.1. The Morgan fingerprint density at radius 3 is 2.57 bits per heavy atom. The van der Waals surface area contributed by atoms with Crippen LogP contribution in [-0.4, -0.2) is 37.9 Å². The summed E-state index contributed by atoms with van der Waals surface area (Å²) in [6.07, 6.45) is 1.60. The van der Waals surface area contributed by atoms with Gasteiger partial charge in [0.15, 0.2) is 0 Å². The molecule has 7 nitrogen and oxygen atoms in total. The highest BCUT2D eigenvalue weighted by Crippen LogP contribution is 2.27. The number of hydrogen-bond donors (Lipinski definition) is 2. The van der Waals surface area contributed by atoms with Crippen LogP contribution in [0.15, 0.2) is 23.1 Å². The SMILES string of the molecule is CNc1cc(S(=O)(=O)NC2CCSCC2)ccc1[N+](=O)[O-]. The number of nitrogens with zero attached hydrogens (tertiary/aromatic N) is 1. The zero-order chi connectivity index (χ0) is 15.5. The molecule has 0 atom stereocenters. The maximum Gasteiger partial charge on any atom is 0.292 e. The number of thioether (sulfide) groups is 1. The Hall–Kier alpha value is -1.32. The van der Waals surface area contributed by atoms with Gasteiger partial charge in [0, 0.05) is 19.2 Å². The Kier molecular flexibility index (Phi) is 5.07. The van der Waals surface area contributed by atoms with Crippen LogP contribution in [0.4, 0.5) is 11.4 Å². The van der Waals surface area contributed by atoms with Crippen LogP contribution in [0.2, 0.25) is 0 Å². The van der Waals surface area contributed by atoms with Gasteiger partial charge in [0.2, 0.25) is 10.0 Å². The highest BCUT2D eigenvalue weighted by molar-refractivity contribution is 7.99. The van der Waals surface area contributed by atoms with Crippen LogP contribution >= 0.6 is 11.8 Å². The summed E-state index contributed by atoms with van der Waals surface area (Å²) in [6, 6.07) is 3.69. The first-order valence-corrected chi connectivity index (χ1v) is 9.14. The largest absolute Gasteiger partial charge is 0.383 e. The maximum absolute atomic E-state index is 12.3. The summed E-state index contributed by atoms with van der Waals surface area (Å²) in [6.45, 7) is 0. The molecule has 0 unspecified atom stereocenters. The molecule has 1 fully saturated rings. The predicted octanol–water partition coefficient (Wildman–Crippen LogP) is 1.81. The fraction of sp³-hybridized carbons (Fsp3) is 0.500. The minimum atomic E-state index is -3.66. The number of nitrogens with one attached hydrogen (secondary N) is 2. The average molecular weight is 331 g/mol. The summed E-state index contributed by atoms with van der Waals surface area (Å²) in [4.78, 5) is 10.3. The lowest BCUT2D eigenvalue weighted by Gasteiger charge is -2.22. The molecule has 0 aromatic heterocycles. The molecular formula is C12H17N3O4S2. The molecule has 2 N–H and O–H groups in total. The van der Waals surface area contributed by atoms with Crippen LogP contribution in [0.3, 0.4) is 0 Å². The number of nitro benzene ring substituents is 1. The molecular weight excluding hydrogens is 314 g/mol. The predicted molar refractivity (Wildman–Crippen MR) is 83.3 cm³/mol. The third kappa shape index (κ3) is 3.86. The van der Waals surface area contributed by atoms with Crippen molar-refractivity contribution < 1.29 is 13.3 Å². The summed E-state index contributed by atoms with van der Waals surface area (Å²) < 4.78 is 27.3. The van der Waals surface area contributed by atoms with E-state index in [9.17, 15) is 18.5 Å². The number of anilines is 1. The van der Waals surface area contributed by atoms with Gasteiger partial charge < -0.3 is 5.32 Å². The first-order valence-electron chi connectivity index (χ1n) is 6.50. The molecule has 1 aliphatic rings. The van der Waals surface area contributed by atoms with Gasteiger partial charge in [-0.05, 0) is 36.5 Å². The number of rotatable bonds is 5. The fourth-order valence-electron chi connectivity index (χ4n) is 2.14. The smallest absolute Gasteiger partial charge is 0.292 e. The molecule has 116 valence electrons. The van der Waals surface area contributed by atoms with Crippen molar-refractivity contribution in [2.24, 2.45) is 0 Å². The number of nitro groups is 1. The lowest BCUT2D eigenvalue weighted by atomic mass is 10.2. The topological polar surface area (TPSA) is 101 Å². The standard InChI is InChI=1S/C12H17N3O4S2/c1-13-11-8-10(2-3-12(11)15(16)17)21(18,19)14-9-4-6-20-7-5-9/h2-3,8-9,13-14H,4-7H2,1H3. The fourth-order valence-corrected chi connectivity index (χ4v) is 4.58. The van der Waals surface area contributed by atoms with Crippen LogP contribution < -0.4 is 10.0 Å². The molecule has 2 rings (SSSR count). The molecule has 1 heterocycles. The van der Waals surface area contributed by atoms with Crippen LogP contribution in [0.25, 0.3) is 0 Å². The van der Waals surface area contributed by atoms with Gasteiger partial charge >= 0.3 is 0 Å². The zero-order valence-electron chi connectivity index (χ0n) is 11.5. The summed E-state index contributed by atoms with van der Waals surface area (Å²) in [5, 5.41) is 13.5. The molecule has 0 amide bonds. The minimum absolute atomic E-state index is 0.0377. The molecule has 1 aromatic carbocycles. The van der Waals surface area contributed by atoms with Crippen molar-refractivity contribution in [2.45, 2.75) is 23.8 Å². The van der Waals surface area contributed by atoms with E-state index in [1.54, 1.807) is 0 Å². The van der Waals surface area contributed by atoms with E-state index >= 15 is 0 Å². The van der Waals surface area contributed by atoms with E-state index in [1.807, 2.05) is 11.8 Å². The van der Waals surface area contributed by atoms with E-state index in [0.717, 1.165) is 24.3 Å². The molecule has 0 spiro atoms. The summed E-state index contributed by atoms with van der Waals surface area (Å²) in [7, 11) is -2.14. The van der Waals surface area contributed by atoms with Crippen LogP contribution in [0, 0.1) is 10.1 Å². The van der Waals surface area contributed by atoms with Crippen LogP contribution in [0.1, 0.15) is 12.8 Å². The lowest BCUT2D eigenvalue weighted by Crippen LogP contribution is -2.37. The van der Waals surface area contributed by atoms with Crippen molar-refractivity contribution >= 4 is 33.2 Å². The van der Waals surface area contributed by atoms with E-state index in [0.29, 0.717) is 0 Å². The van der Waals surface area contributed by atoms with Gasteiger partial charge in [-0.3, -0.25) is 10.1 Å². The maximum atomic E-state index is 12.3. The minimum Gasteiger partial charge on any atom is -0.383 e.